The summed E-state index contributed by atoms with van der Waals surface area (Å²) in [6.45, 7) is 7.24. The minimum Gasteiger partial charge on any atom is -0.354 e. The van der Waals surface area contributed by atoms with Crippen LogP contribution >= 0.6 is 0 Å². The largest absolute Gasteiger partial charge is 0.354 e. The lowest BCUT2D eigenvalue weighted by molar-refractivity contribution is -0.131. The molecule has 0 saturated heterocycles. The third kappa shape index (κ3) is 3.98. The first kappa shape index (κ1) is 14.5. The van der Waals surface area contributed by atoms with E-state index in [2.05, 4.69) is 31.4 Å². The monoisotopic (exact) mass is 240 g/mol. The van der Waals surface area contributed by atoms with E-state index < -0.39 is 0 Å². The molecule has 1 saturated carbocycles. The molecule has 1 atom stereocenters. The third-order valence-corrected chi connectivity index (χ3v) is 3.90. The molecule has 0 aromatic carbocycles. The van der Waals surface area contributed by atoms with Crippen LogP contribution < -0.4 is 10.6 Å². The van der Waals surface area contributed by atoms with E-state index in [9.17, 15) is 4.79 Å². The van der Waals surface area contributed by atoms with Crippen LogP contribution in [-0.2, 0) is 4.79 Å². The molecule has 2 N–H and O–H groups in total. The van der Waals surface area contributed by atoms with Crippen molar-refractivity contribution >= 4 is 5.91 Å². The Morgan fingerprint density at radius 3 is 2.29 bits per heavy atom. The Bertz CT molecular complexity index is 245. The molecule has 1 amide bonds. The molecule has 1 aliphatic rings. The molecule has 0 aromatic rings. The summed E-state index contributed by atoms with van der Waals surface area (Å²) in [6.07, 6.45) is 5.60. The normalized spacial score (nSPS) is 20.5. The van der Waals surface area contributed by atoms with Crippen molar-refractivity contribution in [1.82, 2.24) is 10.6 Å². The quantitative estimate of drug-likeness (QED) is 0.748. The minimum atomic E-state index is -0.0678. The fourth-order valence-corrected chi connectivity index (χ4v) is 2.89. The summed E-state index contributed by atoms with van der Waals surface area (Å²) in [6, 6.07) is 0.344. The molecular formula is C14H28N2O. The lowest BCUT2D eigenvalue weighted by Gasteiger charge is -2.30. The fourth-order valence-electron chi connectivity index (χ4n) is 2.89. The van der Waals surface area contributed by atoms with Gasteiger partial charge in [0, 0.05) is 18.0 Å². The molecule has 1 rings (SSSR count). The van der Waals surface area contributed by atoms with Gasteiger partial charge in [0.25, 0.3) is 0 Å². The molecule has 0 spiro atoms. The van der Waals surface area contributed by atoms with E-state index in [0.717, 1.165) is 25.8 Å². The van der Waals surface area contributed by atoms with Crippen molar-refractivity contribution in [3.8, 4) is 0 Å². The number of carbonyl (C=O) groups excluding carboxylic acids is 1. The number of carbonyl (C=O) groups is 1. The van der Waals surface area contributed by atoms with Gasteiger partial charge in [0.2, 0.25) is 5.91 Å². The molecular weight excluding hydrogens is 212 g/mol. The van der Waals surface area contributed by atoms with Gasteiger partial charge < -0.3 is 10.6 Å². The van der Waals surface area contributed by atoms with E-state index in [1.165, 1.54) is 12.8 Å². The van der Waals surface area contributed by atoms with Crippen LogP contribution in [0.3, 0.4) is 0 Å². The molecule has 100 valence electrons. The fraction of sp³-hybridized carbons (Fsp3) is 0.929. The first-order valence-electron chi connectivity index (χ1n) is 6.96. The van der Waals surface area contributed by atoms with E-state index >= 15 is 0 Å². The van der Waals surface area contributed by atoms with Crippen molar-refractivity contribution in [3.05, 3.63) is 0 Å². The number of likely N-dealkylation sites (N-methyl/N-ethyl adjacent to an activating group) is 1. The highest BCUT2D eigenvalue weighted by Gasteiger charge is 2.41. The second-order valence-electron chi connectivity index (χ2n) is 5.99. The summed E-state index contributed by atoms with van der Waals surface area (Å²) in [5.41, 5.74) is -0.0678. The Kier molecular flexibility index (Phi) is 5.44. The van der Waals surface area contributed by atoms with Crippen molar-refractivity contribution in [1.29, 1.82) is 0 Å². The molecule has 3 nitrogen and oxygen atoms in total. The molecule has 1 unspecified atom stereocenters. The Morgan fingerprint density at radius 1 is 1.24 bits per heavy atom. The highest BCUT2D eigenvalue weighted by Crippen LogP contribution is 2.43. The van der Waals surface area contributed by atoms with Crippen LogP contribution in [0.4, 0.5) is 0 Å². The van der Waals surface area contributed by atoms with Gasteiger partial charge in [-0.2, -0.15) is 0 Å². The van der Waals surface area contributed by atoms with Gasteiger partial charge in [0.1, 0.15) is 0 Å². The summed E-state index contributed by atoms with van der Waals surface area (Å²) in [4.78, 5) is 12.4. The van der Waals surface area contributed by atoms with Crippen LogP contribution in [0.25, 0.3) is 0 Å². The second kappa shape index (κ2) is 6.39. The van der Waals surface area contributed by atoms with E-state index in [0.29, 0.717) is 12.0 Å². The summed E-state index contributed by atoms with van der Waals surface area (Å²) in [5, 5.41) is 6.27. The van der Waals surface area contributed by atoms with Gasteiger partial charge in [-0.3, -0.25) is 4.79 Å². The average Bonchev–Trinajstić information content (AvgIpc) is 2.74. The van der Waals surface area contributed by atoms with E-state index in [-0.39, 0.29) is 11.3 Å². The van der Waals surface area contributed by atoms with Crippen molar-refractivity contribution in [2.24, 2.45) is 11.3 Å². The van der Waals surface area contributed by atoms with Crippen molar-refractivity contribution in [2.45, 2.75) is 58.9 Å². The number of rotatable bonds is 6. The molecule has 0 aromatic heterocycles. The molecule has 3 heteroatoms. The lowest BCUT2D eigenvalue weighted by atomic mass is 9.77. The predicted octanol–water partition coefficient (Wildman–Crippen LogP) is 2.32. The van der Waals surface area contributed by atoms with Gasteiger partial charge in [0.05, 0.1) is 0 Å². The number of hydrogen-bond acceptors (Lipinski definition) is 2. The number of nitrogens with one attached hydrogen (secondary N) is 2. The van der Waals surface area contributed by atoms with E-state index in [4.69, 9.17) is 0 Å². The smallest absolute Gasteiger partial charge is 0.226 e. The maximum absolute atomic E-state index is 12.4. The number of hydrogen-bond donors (Lipinski definition) is 2. The van der Waals surface area contributed by atoms with Gasteiger partial charge in [-0.25, -0.2) is 0 Å². The Hall–Kier alpha value is -0.570. The highest BCUT2D eigenvalue weighted by atomic mass is 16.2. The summed E-state index contributed by atoms with van der Waals surface area (Å²) < 4.78 is 0. The van der Waals surface area contributed by atoms with Crippen LogP contribution in [0, 0.1) is 11.3 Å². The Balaban J connectivity index is 2.55. The standard InChI is InChI=1S/C14H28N2O/c1-11(2)9-14(7-5-6-8-14)13(17)16-10-12(3)15-4/h11-12,15H,5-10H2,1-4H3,(H,16,17). The number of amides is 1. The zero-order valence-corrected chi connectivity index (χ0v) is 11.8. The van der Waals surface area contributed by atoms with Crippen molar-refractivity contribution in [2.75, 3.05) is 13.6 Å². The summed E-state index contributed by atoms with van der Waals surface area (Å²) in [5.74, 6) is 0.881. The van der Waals surface area contributed by atoms with Crippen LogP contribution in [0.15, 0.2) is 0 Å². The molecule has 17 heavy (non-hydrogen) atoms. The Labute approximate surface area is 106 Å². The van der Waals surface area contributed by atoms with Crippen LogP contribution in [0.5, 0.6) is 0 Å². The molecule has 1 aliphatic carbocycles. The zero-order valence-electron chi connectivity index (χ0n) is 11.8. The first-order valence-corrected chi connectivity index (χ1v) is 6.96. The van der Waals surface area contributed by atoms with Gasteiger partial charge in [-0.05, 0) is 39.2 Å². The third-order valence-electron chi connectivity index (χ3n) is 3.90. The maximum atomic E-state index is 12.4. The van der Waals surface area contributed by atoms with Gasteiger partial charge in [-0.15, -0.1) is 0 Å². The topological polar surface area (TPSA) is 41.1 Å². The summed E-state index contributed by atoms with van der Waals surface area (Å²) in [7, 11) is 1.93. The van der Waals surface area contributed by atoms with Gasteiger partial charge in [0.15, 0.2) is 0 Å². The molecule has 0 heterocycles. The average molecular weight is 240 g/mol. The van der Waals surface area contributed by atoms with Crippen LogP contribution in [-0.4, -0.2) is 25.5 Å². The SMILES string of the molecule is CNC(C)CNC(=O)C1(CC(C)C)CCCC1. The van der Waals surface area contributed by atoms with Crippen LogP contribution in [0.1, 0.15) is 52.9 Å². The Morgan fingerprint density at radius 2 is 1.82 bits per heavy atom. The van der Waals surface area contributed by atoms with Crippen molar-refractivity contribution < 1.29 is 4.79 Å². The summed E-state index contributed by atoms with van der Waals surface area (Å²) >= 11 is 0. The molecule has 1 fully saturated rings. The minimum absolute atomic E-state index is 0.0678. The van der Waals surface area contributed by atoms with E-state index in [1.807, 2.05) is 7.05 Å². The predicted molar refractivity (Wildman–Crippen MR) is 71.9 cm³/mol. The lowest BCUT2D eigenvalue weighted by Crippen LogP contribution is -2.44. The first-order chi connectivity index (χ1) is 8.00. The van der Waals surface area contributed by atoms with Gasteiger partial charge >= 0.3 is 0 Å². The van der Waals surface area contributed by atoms with E-state index in [1.54, 1.807) is 0 Å². The second-order valence-corrected chi connectivity index (χ2v) is 5.99. The molecule has 0 aliphatic heterocycles. The van der Waals surface area contributed by atoms with Crippen LogP contribution in [0.2, 0.25) is 0 Å². The zero-order chi connectivity index (χ0) is 12.9. The van der Waals surface area contributed by atoms with Gasteiger partial charge in [-0.1, -0.05) is 26.7 Å². The maximum Gasteiger partial charge on any atom is 0.226 e. The molecule has 0 bridgehead atoms. The highest BCUT2D eigenvalue weighted by molar-refractivity contribution is 5.82. The van der Waals surface area contributed by atoms with Crippen molar-refractivity contribution in [3.63, 3.8) is 0 Å². The molecule has 0 radical (unpaired) electrons.